The Labute approximate surface area is 80.3 Å². The van der Waals surface area contributed by atoms with Gasteiger partial charge in [-0.05, 0) is 42.1 Å². The van der Waals surface area contributed by atoms with Gasteiger partial charge in [0.15, 0.2) is 0 Å². The Hall–Kier alpha value is -1.04. The average Bonchev–Trinajstić information content (AvgIpc) is 2.71. The van der Waals surface area contributed by atoms with Crippen LogP contribution >= 0.6 is 0 Å². The summed E-state index contributed by atoms with van der Waals surface area (Å²) in [6.07, 6.45) is 16.9. The van der Waals surface area contributed by atoms with Crippen molar-refractivity contribution in [2.75, 3.05) is 0 Å². The summed E-state index contributed by atoms with van der Waals surface area (Å²) in [7, 11) is 0. The van der Waals surface area contributed by atoms with Crippen LogP contribution in [0.1, 0.15) is 32.6 Å². The summed E-state index contributed by atoms with van der Waals surface area (Å²) in [4.78, 5) is 0. The molecule has 0 amide bonds. The summed E-state index contributed by atoms with van der Waals surface area (Å²) in [5.74, 6) is 0. The summed E-state index contributed by atoms with van der Waals surface area (Å²) >= 11 is 0. The lowest BCUT2D eigenvalue weighted by Gasteiger charge is -2.05. The lowest BCUT2D eigenvalue weighted by molar-refractivity contribution is 0.919. The molecule has 2 rings (SSSR count). The fourth-order valence-electron chi connectivity index (χ4n) is 1.95. The van der Waals surface area contributed by atoms with Crippen molar-refractivity contribution in [2.24, 2.45) is 0 Å². The largest absolute Gasteiger partial charge is 0.0798 e. The standard InChI is InChI=1S/C13H15/c1-2-6-11-9-5-10-13(11)12-7-3-4-8-12/h3,5,7,9H,2,4,6,10H2,1H3. The van der Waals surface area contributed by atoms with E-state index in [1.54, 1.807) is 0 Å². The molecular formula is C13H15. The Kier molecular flexibility index (Phi) is 2.49. The van der Waals surface area contributed by atoms with Crippen molar-refractivity contribution in [2.45, 2.75) is 32.6 Å². The average molecular weight is 171 g/mol. The molecule has 67 valence electrons. The Morgan fingerprint density at radius 1 is 1.31 bits per heavy atom. The summed E-state index contributed by atoms with van der Waals surface area (Å²) in [6.45, 7) is 2.24. The second-order valence-corrected chi connectivity index (χ2v) is 3.56. The molecule has 0 nitrogen and oxygen atoms in total. The number of hydrogen-bond donors (Lipinski definition) is 0. The van der Waals surface area contributed by atoms with Crippen molar-refractivity contribution >= 4 is 0 Å². The molecule has 0 aromatic carbocycles. The zero-order chi connectivity index (χ0) is 9.10. The van der Waals surface area contributed by atoms with Gasteiger partial charge in [0.2, 0.25) is 0 Å². The van der Waals surface area contributed by atoms with E-state index < -0.39 is 0 Å². The van der Waals surface area contributed by atoms with E-state index >= 15 is 0 Å². The van der Waals surface area contributed by atoms with E-state index in [2.05, 4.69) is 37.3 Å². The maximum atomic E-state index is 3.39. The molecule has 0 heteroatoms. The van der Waals surface area contributed by atoms with Crippen LogP contribution in [0.25, 0.3) is 0 Å². The quantitative estimate of drug-likeness (QED) is 0.607. The van der Waals surface area contributed by atoms with Gasteiger partial charge in [-0.25, -0.2) is 0 Å². The monoisotopic (exact) mass is 171 g/mol. The fraction of sp³-hybridized carbons (Fsp3) is 0.385. The molecule has 0 heterocycles. The van der Waals surface area contributed by atoms with Gasteiger partial charge in [-0.3, -0.25) is 0 Å². The third-order valence-electron chi connectivity index (χ3n) is 2.57. The van der Waals surface area contributed by atoms with Gasteiger partial charge in [0.1, 0.15) is 0 Å². The molecule has 13 heavy (non-hydrogen) atoms. The van der Waals surface area contributed by atoms with Crippen molar-refractivity contribution in [1.29, 1.82) is 0 Å². The van der Waals surface area contributed by atoms with Gasteiger partial charge >= 0.3 is 0 Å². The molecule has 0 saturated carbocycles. The van der Waals surface area contributed by atoms with Gasteiger partial charge in [0.05, 0.1) is 0 Å². The molecule has 0 saturated heterocycles. The maximum Gasteiger partial charge on any atom is -0.00850 e. The highest BCUT2D eigenvalue weighted by atomic mass is 14.2. The zero-order valence-electron chi connectivity index (χ0n) is 8.14. The van der Waals surface area contributed by atoms with E-state index in [0.29, 0.717) is 0 Å². The second kappa shape index (κ2) is 3.78. The minimum atomic E-state index is 0.998. The number of allylic oxidation sites excluding steroid dienone is 8. The van der Waals surface area contributed by atoms with Crippen LogP contribution in [0.4, 0.5) is 0 Å². The third kappa shape index (κ3) is 1.67. The van der Waals surface area contributed by atoms with Crippen molar-refractivity contribution in [3.05, 3.63) is 47.1 Å². The van der Waals surface area contributed by atoms with Gasteiger partial charge in [0.25, 0.3) is 0 Å². The molecular weight excluding hydrogens is 156 g/mol. The van der Waals surface area contributed by atoms with E-state index in [1.807, 2.05) is 0 Å². The number of hydrogen-bond acceptors (Lipinski definition) is 0. The predicted octanol–water partition coefficient (Wildman–Crippen LogP) is 3.73. The maximum absolute atomic E-state index is 3.39. The summed E-state index contributed by atoms with van der Waals surface area (Å²) < 4.78 is 0. The Morgan fingerprint density at radius 2 is 2.23 bits per heavy atom. The normalized spacial score (nSPS) is 20.2. The van der Waals surface area contributed by atoms with Gasteiger partial charge in [-0.2, -0.15) is 0 Å². The summed E-state index contributed by atoms with van der Waals surface area (Å²) in [5.41, 5.74) is 4.38. The molecule has 0 aromatic heterocycles. The lowest BCUT2D eigenvalue weighted by Crippen LogP contribution is -1.86. The molecule has 0 N–H and O–H groups in total. The molecule has 0 atom stereocenters. The van der Waals surface area contributed by atoms with Gasteiger partial charge < -0.3 is 0 Å². The van der Waals surface area contributed by atoms with E-state index in [9.17, 15) is 0 Å². The van der Waals surface area contributed by atoms with Crippen LogP contribution in [0.15, 0.2) is 41.0 Å². The molecule has 2 aliphatic rings. The van der Waals surface area contributed by atoms with Crippen molar-refractivity contribution in [3.63, 3.8) is 0 Å². The molecule has 0 fully saturated rings. The van der Waals surface area contributed by atoms with Crippen LogP contribution in [0, 0.1) is 6.08 Å². The summed E-state index contributed by atoms with van der Waals surface area (Å²) in [5, 5.41) is 0. The zero-order valence-corrected chi connectivity index (χ0v) is 8.14. The molecule has 1 radical (unpaired) electrons. The van der Waals surface area contributed by atoms with E-state index in [0.717, 1.165) is 12.8 Å². The van der Waals surface area contributed by atoms with E-state index in [1.165, 1.54) is 29.6 Å². The highest BCUT2D eigenvalue weighted by Gasteiger charge is 2.12. The van der Waals surface area contributed by atoms with Crippen molar-refractivity contribution in [3.8, 4) is 0 Å². The molecule has 0 spiro atoms. The topological polar surface area (TPSA) is 0 Å². The van der Waals surface area contributed by atoms with E-state index in [4.69, 9.17) is 0 Å². The molecule has 2 aliphatic carbocycles. The highest BCUT2D eigenvalue weighted by molar-refractivity contribution is 5.51. The molecule has 0 bridgehead atoms. The first-order valence-electron chi connectivity index (χ1n) is 5.08. The van der Waals surface area contributed by atoms with Crippen LogP contribution in [-0.2, 0) is 0 Å². The van der Waals surface area contributed by atoms with Crippen LogP contribution in [0.3, 0.4) is 0 Å². The Balaban J connectivity index is 2.21. The molecule has 0 unspecified atom stereocenters. The molecule has 0 aliphatic heterocycles. The van der Waals surface area contributed by atoms with Gasteiger partial charge in [0, 0.05) is 0 Å². The summed E-state index contributed by atoms with van der Waals surface area (Å²) in [6, 6.07) is 0. The van der Waals surface area contributed by atoms with Crippen LogP contribution < -0.4 is 0 Å². The van der Waals surface area contributed by atoms with Crippen molar-refractivity contribution in [1.82, 2.24) is 0 Å². The third-order valence-corrected chi connectivity index (χ3v) is 2.57. The Bertz CT molecular complexity index is 311. The first-order valence-corrected chi connectivity index (χ1v) is 5.08. The first kappa shape index (κ1) is 8.55. The minimum Gasteiger partial charge on any atom is -0.0798 e. The fourth-order valence-corrected chi connectivity index (χ4v) is 1.95. The Morgan fingerprint density at radius 3 is 2.92 bits per heavy atom. The first-order chi connectivity index (χ1) is 6.42. The highest BCUT2D eigenvalue weighted by Crippen LogP contribution is 2.31. The number of rotatable bonds is 3. The van der Waals surface area contributed by atoms with Crippen LogP contribution in [0.2, 0.25) is 0 Å². The SMILES string of the molecule is CCCC1=C(C2=[C]CC=C2)CC=C1. The van der Waals surface area contributed by atoms with Crippen LogP contribution in [0.5, 0.6) is 0 Å². The van der Waals surface area contributed by atoms with Crippen LogP contribution in [-0.4, -0.2) is 0 Å². The minimum absolute atomic E-state index is 0.998. The molecule has 0 aromatic rings. The van der Waals surface area contributed by atoms with Gasteiger partial charge in [-0.1, -0.05) is 37.6 Å². The lowest BCUT2D eigenvalue weighted by atomic mass is 10.00. The van der Waals surface area contributed by atoms with E-state index in [-0.39, 0.29) is 0 Å². The second-order valence-electron chi connectivity index (χ2n) is 3.56. The van der Waals surface area contributed by atoms with Crippen molar-refractivity contribution < 1.29 is 0 Å². The smallest absolute Gasteiger partial charge is 0.00850 e. The predicted molar refractivity (Wildman–Crippen MR) is 56.2 cm³/mol. The van der Waals surface area contributed by atoms with Gasteiger partial charge in [-0.15, -0.1) is 0 Å².